The smallest absolute Gasteiger partial charge is 0.311 e. The van der Waals surface area contributed by atoms with Crippen molar-refractivity contribution >= 4 is 11.7 Å². The van der Waals surface area contributed by atoms with Gasteiger partial charge in [0.25, 0.3) is 0 Å². The Morgan fingerprint density at radius 2 is 2.19 bits per heavy atom. The van der Waals surface area contributed by atoms with E-state index in [9.17, 15) is 10.0 Å². The molecular weight excluding hydrogens is 328 g/mol. The lowest BCUT2D eigenvalue weighted by atomic mass is 9.33. The van der Waals surface area contributed by atoms with E-state index >= 15 is 0 Å². The van der Waals surface area contributed by atoms with Crippen molar-refractivity contribution in [2.75, 3.05) is 25.5 Å². The summed E-state index contributed by atoms with van der Waals surface area (Å²) in [6, 6.07) is 8.41. The standard InChI is InChI=1S/C21H24N2O3/c1-12-16-13-6-5-10-23(25)11-9-20(18(13)23)14-7-3-4-8-15(14)22-21(12,20)17(16)19(24)26-2/h3-8,12-13,16-18,22H,9-11H2,1-2H3/t12-,13-,16?,17+,18-,20?,21-,23-/m0/s1. The zero-order valence-corrected chi connectivity index (χ0v) is 15.1. The van der Waals surface area contributed by atoms with Crippen LogP contribution in [-0.2, 0) is 14.9 Å². The number of quaternary nitrogens is 1. The van der Waals surface area contributed by atoms with Crippen molar-refractivity contribution in [1.82, 2.24) is 0 Å². The first-order valence-corrected chi connectivity index (χ1v) is 9.71. The fourth-order valence-electron chi connectivity index (χ4n) is 7.99. The van der Waals surface area contributed by atoms with Crippen molar-refractivity contribution in [1.29, 1.82) is 0 Å². The molecule has 26 heavy (non-hydrogen) atoms. The summed E-state index contributed by atoms with van der Waals surface area (Å²) >= 11 is 0. The molecule has 1 saturated heterocycles. The summed E-state index contributed by atoms with van der Waals surface area (Å²) in [5, 5.41) is 17.6. The second kappa shape index (κ2) is 4.34. The van der Waals surface area contributed by atoms with Crippen molar-refractivity contribution in [3.63, 3.8) is 0 Å². The zero-order valence-electron chi connectivity index (χ0n) is 15.1. The highest BCUT2D eigenvalue weighted by Crippen LogP contribution is 2.76. The lowest BCUT2D eigenvalue weighted by Crippen LogP contribution is -2.85. The first kappa shape index (κ1) is 15.2. The summed E-state index contributed by atoms with van der Waals surface area (Å²) in [5.74, 6) is 0.349. The maximum absolute atomic E-state index is 13.8. The Hall–Kier alpha value is -1.85. The van der Waals surface area contributed by atoms with E-state index < -0.39 is 0 Å². The fourth-order valence-corrected chi connectivity index (χ4v) is 7.99. The number of para-hydroxylation sites is 1. The molecule has 0 radical (unpaired) electrons. The highest BCUT2D eigenvalue weighted by atomic mass is 16.6. The molecule has 1 aromatic carbocycles. The van der Waals surface area contributed by atoms with Crippen LogP contribution in [0.4, 0.5) is 5.69 Å². The molecule has 5 heteroatoms. The van der Waals surface area contributed by atoms with Crippen LogP contribution in [0.15, 0.2) is 36.4 Å². The predicted molar refractivity (Wildman–Crippen MR) is 97.0 cm³/mol. The molecule has 2 spiro atoms. The molecule has 7 rings (SSSR count). The molecule has 0 amide bonds. The van der Waals surface area contributed by atoms with Gasteiger partial charge in [-0.2, -0.15) is 0 Å². The van der Waals surface area contributed by atoms with Gasteiger partial charge >= 0.3 is 5.97 Å². The molecule has 1 aromatic rings. The van der Waals surface area contributed by atoms with Gasteiger partial charge < -0.3 is 19.9 Å². The van der Waals surface area contributed by atoms with Crippen molar-refractivity contribution in [2.45, 2.75) is 30.3 Å². The molecule has 3 saturated carbocycles. The summed E-state index contributed by atoms with van der Waals surface area (Å²) in [4.78, 5) is 12.9. The van der Waals surface area contributed by atoms with Crippen molar-refractivity contribution < 1.29 is 14.2 Å². The maximum Gasteiger partial charge on any atom is 0.311 e. The number of methoxy groups -OCH3 is 1. The Morgan fingerprint density at radius 1 is 1.38 bits per heavy atom. The fraction of sp³-hybridized carbons (Fsp3) is 0.571. The number of fused-ring (bicyclic) bond motifs is 1. The number of esters is 1. The van der Waals surface area contributed by atoms with Gasteiger partial charge in [-0.15, -0.1) is 0 Å². The normalized spacial score (nSPS) is 51.6. The molecule has 1 N–H and O–H groups in total. The topological polar surface area (TPSA) is 61.4 Å². The second-order valence-corrected chi connectivity index (χ2v) is 8.94. The average molecular weight is 352 g/mol. The van der Waals surface area contributed by atoms with E-state index in [1.807, 2.05) is 6.07 Å². The molecule has 6 aliphatic rings. The van der Waals surface area contributed by atoms with E-state index in [-0.39, 0.29) is 45.4 Å². The van der Waals surface area contributed by atoms with Gasteiger partial charge in [-0.05, 0) is 29.5 Å². The number of nitrogens with zero attached hydrogens (tertiary/aromatic N) is 1. The van der Waals surface area contributed by atoms with Crippen LogP contribution >= 0.6 is 0 Å². The largest absolute Gasteiger partial charge is 0.632 e. The van der Waals surface area contributed by atoms with Gasteiger partial charge in [-0.3, -0.25) is 4.79 Å². The van der Waals surface area contributed by atoms with E-state index in [1.165, 1.54) is 12.7 Å². The number of anilines is 1. The molecule has 0 aromatic heterocycles. The van der Waals surface area contributed by atoms with Gasteiger partial charge in [-0.1, -0.05) is 31.2 Å². The summed E-state index contributed by atoms with van der Waals surface area (Å²) in [5.41, 5.74) is 1.69. The Kier molecular flexibility index (Phi) is 2.54. The Labute approximate surface area is 153 Å². The number of hydroxylamine groups is 3. The maximum atomic E-state index is 13.8. The summed E-state index contributed by atoms with van der Waals surface area (Å²) < 4.78 is 5.13. The van der Waals surface area contributed by atoms with Crippen molar-refractivity contribution in [3.8, 4) is 0 Å². The number of carbonyl (C=O) groups excluding carboxylic acids is 1. The Bertz CT molecular complexity index is 869. The minimum absolute atomic E-state index is 0.00533. The Balaban J connectivity index is 1.68. The average Bonchev–Trinajstić information content (AvgIpc) is 3.15. The molecule has 2 unspecified atom stereocenters. The number of nitrogens with one attached hydrogen (secondary N) is 1. The van der Waals surface area contributed by atoms with E-state index in [1.54, 1.807) is 0 Å². The first-order valence-electron chi connectivity index (χ1n) is 9.71. The number of hydrogen-bond donors (Lipinski definition) is 1. The van der Waals surface area contributed by atoms with Crippen LogP contribution < -0.4 is 5.32 Å². The second-order valence-electron chi connectivity index (χ2n) is 8.94. The first-order chi connectivity index (χ1) is 12.5. The highest BCUT2D eigenvalue weighted by Gasteiger charge is 2.86. The monoisotopic (exact) mass is 352 g/mol. The number of benzene rings is 1. The SMILES string of the molecule is COC(=O)[C@H]1C2[C@@H]3C=CC[N@+]4([O-])CCC5(c6ccccc6N[C@@]15[C@H]2C)[C@H]34. The number of hydrogen-bond acceptors (Lipinski definition) is 4. The zero-order chi connectivity index (χ0) is 17.9. The van der Waals surface area contributed by atoms with E-state index in [0.717, 1.165) is 12.1 Å². The Morgan fingerprint density at radius 3 is 3.00 bits per heavy atom. The van der Waals surface area contributed by atoms with Gasteiger partial charge in [0.15, 0.2) is 0 Å². The third-order valence-electron chi connectivity index (χ3n) is 8.59. The summed E-state index contributed by atoms with van der Waals surface area (Å²) in [7, 11) is 1.49. The molecular formula is C21H24N2O3. The van der Waals surface area contributed by atoms with Gasteiger partial charge in [0.1, 0.15) is 6.04 Å². The van der Waals surface area contributed by atoms with Crippen LogP contribution in [0.2, 0.25) is 0 Å². The lowest BCUT2D eigenvalue weighted by Gasteiger charge is -2.73. The van der Waals surface area contributed by atoms with E-state index in [0.29, 0.717) is 19.0 Å². The molecule has 5 nitrogen and oxygen atoms in total. The molecule has 3 heterocycles. The minimum atomic E-state index is -0.384. The van der Waals surface area contributed by atoms with E-state index in [4.69, 9.17) is 4.74 Å². The van der Waals surface area contributed by atoms with Gasteiger partial charge in [0, 0.05) is 18.0 Å². The van der Waals surface area contributed by atoms with Crippen molar-refractivity contribution in [3.05, 3.63) is 47.2 Å². The van der Waals surface area contributed by atoms with Crippen molar-refractivity contribution in [2.24, 2.45) is 23.7 Å². The van der Waals surface area contributed by atoms with E-state index in [2.05, 4.69) is 42.6 Å². The highest BCUT2D eigenvalue weighted by molar-refractivity contribution is 5.83. The van der Waals surface area contributed by atoms with Crippen LogP contribution in [0.3, 0.4) is 0 Å². The van der Waals surface area contributed by atoms with Crippen LogP contribution in [-0.4, -0.2) is 42.4 Å². The van der Waals surface area contributed by atoms with Gasteiger partial charge in [-0.25, -0.2) is 0 Å². The third-order valence-corrected chi connectivity index (χ3v) is 8.59. The van der Waals surface area contributed by atoms with Gasteiger partial charge in [0.2, 0.25) is 0 Å². The third kappa shape index (κ3) is 1.25. The number of carbonyl (C=O) groups is 1. The summed E-state index contributed by atoms with van der Waals surface area (Å²) in [6.45, 7) is 3.46. The molecule has 3 aliphatic heterocycles. The molecule has 136 valence electrons. The van der Waals surface area contributed by atoms with Crippen LogP contribution in [0.25, 0.3) is 0 Å². The molecule has 4 fully saturated rings. The summed E-state index contributed by atoms with van der Waals surface area (Å²) in [6.07, 6.45) is 5.15. The quantitative estimate of drug-likeness (QED) is 0.365. The van der Waals surface area contributed by atoms with Crippen LogP contribution in [0, 0.1) is 28.9 Å². The minimum Gasteiger partial charge on any atom is -0.632 e. The lowest BCUT2D eigenvalue weighted by molar-refractivity contribution is -0.897. The molecule has 3 aliphatic carbocycles. The number of rotatable bonds is 1. The number of ether oxygens (including phenoxy) is 1. The predicted octanol–water partition coefficient (Wildman–Crippen LogP) is 2.43. The van der Waals surface area contributed by atoms with Crippen LogP contribution in [0.5, 0.6) is 0 Å². The van der Waals surface area contributed by atoms with Gasteiger partial charge in [0.05, 0.1) is 37.1 Å². The molecule has 2 bridgehead atoms. The molecule has 8 atom stereocenters. The van der Waals surface area contributed by atoms with Crippen LogP contribution in [0.1, 0.15) is 18.9 Å².